The summed E-state index contributed by atoms with van der Waals surface area (Å²) in [6.45, 7) is 2.11. The number of carboxylic acids is 1. The lowest BCUT2D eigenvalue weighted by Crippen LogP contribution is -2.36. The molecule has 1 fully saturated rings. The second kappa shape index (κ2) is 8.20. The molecule has 0 aromatic heterocycles. The van der Waals surface area contributed by atoms with Crippen molar-refractivity contribution in [2.75, 3.05) is 0 Å². The molecule has 0 aliphatic heterocycles. The lowest BCUT2D eigenvalue weighted by atomic mass is 9.82. The molecule has 4 nitrogen and oxygen atoms in total. The molecule has 1 aliphatic carbocycles. The van der Waals surface area contributed by atoms with E-state index in [0.717, 1.165) is 50.7 Å². The third-order valence-corrected chi connectivity index (χ3v) is 3.97. The van der Waals surface area contributed by atoms with Gasteiger partial charge in [-0.05, 0) is 25.7 Å². The summed E-state index contributed by atoms with van der Waals surface area (Å²) in [4.78, 5) is 21.9. The molecule has 1 saturated carbocycles. The summed E-state index contributed by atoms with van der Waals surface area (Å²) in [5.74, 6) is -1.57. The maximum absolute atomic E-state index is 11.5. The van der Waals surface area contributed by atoms with Gasteiger partial charge in [0.25, 0.3) is 0 Å². The maximum Gasteiger partial charge on any atom is 0.331 e. The van der Waals surface area contributed by atoms with Gasteiger partial charge in [0.05, 0.1) is 0 Å². The minimum atomic E-state index is -1.15. The van der Waals surface area contributed by atoms with E-state index >= 15 is 0 Å². The predicted octanol–water partition coefficient (Wildman–Crippen LogP) is 3.14. The smallest absolute Gasteiger partial charge is 0.331 e. The van der Waals surface area contributed by atoms with Crippen LogP contribution in [-0.4, -0.2) is 28.5 Å². The van der Waals surface area contributed by atoms with Crippen LogP contribution in [-0.2, 0) is 14.3 Å². The molecule has 108 valence electrons. The van der Waals surface area contributed by atoms with E-state index in [2.05, 4.69) is 6.92 Å². The van der Waals surface area contributed by atoms with E-state index in [-0.39, 0.29) is 17.4 Å². The van der Waals surface area contributed by atoms with Crippen molar-refractivity contribution in [3.05, 3.63) is 12.2 Å². The Morgan fingerprint density at radius 1 is 1.37 bits per heavy atom. The van der Waals surface area contributed by atoms with Gasteiger partial charge in [0.1, 0.15) is 6.10 Å². The Kier molecular flexibility index (Phi) is 6.92. The van der Waals surface area contributed by atoms with Crippen LogP contribution in [0.3, 0.4) is 0 Å². The number of halogens is 1. The third kappa shape index (κ3) is 5.64. The number of carboxylic acid groups (broad SMARTS) is 1. The summed E-state index contributed by atoms with van der Waals surface area (Å²) in [5.41, 5.74) is 0. The van der Waals surface area contributed by atoms with Gasteiger partial charge >= 0.3 is 11.9 Å². The van der Waals surface area contributed by atoms with E-state index in [1.165, 1.54) is 0 Å². The van der Waals surface area contributed by atoms with E-state index in [0.29, 0.717) is 0 Å². The molecule has 0 radical (unpaired) electrons. The van der Waals surface area contributed by atoms with Gasteiger partial charge in [0.2, 0.25) is 0 Å². The molecule has 0 heterocycles. The van der Waals surface area contributed by atoms with E-state index in [4.69, 9.17) is 21.4 Å². The highest BCUT2D eigenvalue weighted by Crippen LogP contribution is 2.34. The van der Waals surface area contributed by atoms with Gasteiger partial charge in [-0.1, -0.05) is 19.8 Å². The molecule has 1 aliphatic rings. The lowest BCUT2D eigenvalue weighted by molar-refractivity contribution is -0.148. The molecule has 1 rings (SSSR count). The Morgan fingerprint density at radius 2 is 2.11 bits per heavy atom. The number of rotatable bonds is 6. The normalized spacial score (nSPS) is 27.4. The van der Waals surface area contributed by atoms with Crippen molar-refractivity contribution < 1.29 is 19.4 Å². The van der Waals surface area contributed by atoms with Crippen LogP contribution in [0.2, 0.25) is 0 Å². The van der Waals surface area contributed by atoms with Crippen LogP contribution in [0.25, 0.3) is 0 Å². The fourth-order valence-electron chi connectivity index (χ4n) is 2.46. The Labute approximate surface area is 118 Å². The molecule has 3 unspecified atom stereocenters. The molecule has 0 spiro atoms. The van der Waals surface area contributed by atoms with Crippen LogP contribution < -0.4 is 0 Å². The van der Waals surface area contributed by atoms with Crippen molar-refractivity contribution in [3.8, 4) is 0 Å². The lowest BCUT2D eigenvalue weighted by Gasteiger charge is -2.34. The van der Waals surface area contributed by atoms with Crippen molar-refractivity contribution in [2.45, 2.75) is 56.9 Å². The largest absolute Gasteiger partial charge is 0.478 e. The van der Waals surface area contributed by atoms with Crippen molar-refractivity contribution in [1.82, 2.24) is 0 Å². The molecular formula is C14H21ClO4. The van der Waals surface area contributed by atoms with E-state index < -0.39 is 11.9 Å². The second-order valence-electron chi connectivity index (χ2n) is 4.90. The van der Waals surface area contributed by atoms with Crippen LogP contribution >= 0.6 is 11.6 Å². The quantitative estimate of drug-likeness (QED) is 0.463. The summed E-state index contributed by atoms with van der Waals surface area (Å²) in [6.07, 6.45) is 7.37. The van der Waals surface area contributed by atoms with Gasteiger partial charge in [0.15, 0.2) is 0 Å². The summed E-state index contributed by atoms with van der Waals surface area (Å²) in [5, 5.41) is 8.51. The zero-order valence-electron chi connectivity index (χ0n) is 11.2. The number of hydrogen-bond donors (Lipinski definition) is 1. The van der Waals surface area contributed by atoms with Gasteiger partial charge in [-0.15, -0.1) is 11.6 Å². The van der Waals surface area contributed by atoms with Gasteiger partial charge in [-0.25, -0.2) is 9.59 Å². The minimum Gasteiger partial charge on any atom is -0.478 e. The summed E-state index contributed by atoms with van der Waals surface area (Å²) < 4.78 is 5.35. The highest BCUT2D eigenvalue weighted by Gasteiger charge is 2.33. The van der Waals surface area contributed by atoms with Crippen LogP contribution in [0.5, 0.6) is 0 Å². The van der Waals surface area contributed by atoms with Crippen LogP contribution in [0, 0.1) is 5.92 Å². The minimum absolute atomic E-state index is 0.0431. The van der Waals surface area contributed by atoms with Crippen molar-refractivity contribution >= 4 is 23.5 Å². The third-order valence-electron chi connectivity index (χ3n) is 3.43. The number of aliphatic carboxylic acids is 1. The molecule has 0 saturated heterocycles. The molecule has 19 heavy (non-hydrogen) atoms. The zero-order valence-corrected chi connectivity index (χ0v) is 11.9. The molecule has 0 bridgehead atoms. The molecule has 1 N–H and O–H groups in total. The summed E-state index contributed by atoms with van der Waals surface area (Å²) in [6, 6.07) is 0. The fraction of sp³-hybridized carbons (Fsp3) is 0.714. The Morgan fingerprint density at radius 3 is 2.74 bits per heavy atom. The van der Waals surface area contributed by atoms with Crippen LogP contribution in [0.1, 0.15) is 45.4 Å². The van der Waals surface area contributed by atoms with Crippen molar-refractivity contribution in [2.24, 2.45) is 5.92 Å². The average Bonchev–Trinajstić information content (AvgIpc) is 2.36. The average molecular weight is 289 g/mol. The first-order valence-corrected chi connectivity index (χ1v) is 7.24. The number of unbranched alkanes of at least 4 members (excludes halogenated alkanes) is 1. The summed E-state index contributed by atoms with van der Waals surface area (Å²) in [7, 11) is 0. The highest BCUT2D eigenvalue weighted by molar-refractivity contribution is 6.20. The second-order valence-corrected chi connectivity index (χ2v) is 5.46. The molecular weight excluding hydrogens is 268 g/mol. The standard InChI is InChI=1S/C14H21ClO4/c1-2-3-5-10-11(15)6-4-7-12(10)19-14(18)9-8-13(16)17/h8-12H,2-7H2,1H3,(H,16,17)/b9-8+. The number of ether oxygens (including phenoxy) is 1. The zero-order chi connectivity index (χ0) is 14.3. The fourth-order valence-corrected chi connectivity index (χ4v) is 2.90. The first-order valence-electron chi connectivity index (χ1n) is 6.80. The number of carbonyl (C=O) groups is 2. The van der Waals surface area contributed by atoms with Crippen LogP contribution in [0.15, 0.2) is 12.2 Å². The monoisotopic (exact) mass is 288 g/mol. The van der Waals surface area contributed by atoms with E-state index in [9.17, 15) is 9.59 Å². The Hall–Kier alpha value is -1.03. The predicted molar refractivity (Wildman–Crippen MR) is 73.2 cm³/mol. The van der Waals surface area contributed by atoms with E-state index in [1.807, 2.05) is 0 Å². The Bertz CT molecular complexity index is 340. The number of esters is 1. The SMILES string of the molecule is CCCCC1C(Cl)CCCC1OC(=O)/C=C/C(=O)O. The van der Waals surface area contributed by atoms with Gasteiger partial charge < -0.3 is 9.84 Å². The van der Waals surface area contributed by atoms with Gasteiger partial charge in [0, 0.05) is 23.4 Å². The van der Waals surface area contributed by atoms with Crippen LogP contribution in [0.4, 0.5) is 0 Å². The van der Waals surface area contributed by atoms with Crippen molar-refractivity contribution in [1.29, 1.82) is 0 Å². The molecule has 0 amide bonds. The van der Waals surface area contributed by atoms with Gasteiger partial charge in [-0.3, -0.25) is 0 Å². The Balaban J connectivity index is 2.56. The summed E-state index contributed by atoms with van der Waals surface area (Å²) >= 11 is 6.32. The highest BCUT2D eigenvalue weighted by atomic mass is 35.5. The van der Waals surface area contributed by atoms with Gasteiger partial charge in [-0.2, -0.15) is 0 Å². The first-order chi connectivity index (χ1) is 9.04. The molecule has 0 aromatic rings. The number of hydrogen-bond acceptors (Lipinski definition) is 3. The van der Waals surface area contributed by atoms with Crippen molar-refractivity contribution in [3.63, 3.8) is 0 Å². The topological polar surface area (TPSA) is 63.6 Å². The maximum atomic E-state index is 11.5. The number of alkyl halides is 1. The number of carbonyl (C=O) groups excluding carboxylic acids is 1. The molecule has 3 atom stereocenters. The molecule has 5 heteroatoms. The van der Waals surface area contributed by atoms with E-state index in [1.54, 1.807) is 0 Å². The first kappa shape index (κ1) is 16.0. The molecule has 0 aromatic carbocycles.